The average Bonchev–Trinajstić information content (AvgIpc) is 2.74. The van der Waals surface area contributed by atoms with Gasteiger partial charge in [-0.3, -0.25) is 4.79 Å². The molecule has 1 amide bonds. The third-order valence-electron chi connectivity index (χ3n) is 4.28. The van der Waals surface area contributed by atoms with E-state index < -0.39 is 0 Å². The van der Waals surface area contributed by atoms with Crippen LogP contribution >= 0.6 is 11.8 Å². The number of aromatic nitrogens is 2. The van der Waals surface area contributed by atoms with Gasteiger partial charge < -0.3 is 5.32 Å². The van der Waals surface area contributed by atoms with Crippen molar-refractivity contribution in [2.75, 3.05) is 11.1 Å². The number of hydrogen-bond donors (Lipinski definition) is 1. The molecule has 0 fully saturated rings. The first kappa shape index (κ1) is 18.2. The smallest absolute Gasteiger partial charge is 0.234 e. The summed E-state index contributed by atoms with van der Waals surface area (Å²) in [5.74, 6) is 0.891. The van der Waals surface area contributed by atoms with Crippen LogP contribution in [0.25, 0.3) is 22.3 Å². The molecule has 0 radical (unpaired) electrons. The van der Waals surface area contributed by atoms with E-state index in [1.807, 2.05) is 85.8 Å². The van der Waals surface area contributed by atoms with Gasteiger partial charge in [-0.2, -0.15) is 0 Å². The Morgan fingerprint density at radius 3 is 2.39 bits per heavy atom. The molecule has 0 aliphatic carbocycles. The van der Waals surface area contributed by atoms with Crippen molar-refractivity contribution in [2.24, 2.45) is 0 Å². The van der Waals surface area contributed by atoms with Crippen LogP contribution in [0.2, 0.25) is 0 Å². The molecule has 28 heavy (non-hydrogen) atoms. The summed E-state index contributed by atoms with van der Waals surface area (Å²) in [6.07, 6.45) is 0. The highest BCUT2D eigenvalue weighted by molar-refractivity contribution is 8.00. The molecule has 4 rings (SSSR count). The molecule has 0 unspecified atom stereocenters. The molecule has 4 nitrogen and oxygen atoms in total. The van der Waals surface area contributed by atoms with Gasteiger partial charge in [-0.25, -0.2) is 9.97 Å². The highest BCUT2D eigenvalue weighted by Gasteiger charge is 2.12. The van der Waals surface area contributed by atoms with Crippen LogP contribution < -0.4 is 5.32 Å². The molecule has 0 spiro atoms. The summed E-state index contributed by atoms with van der Waals surface area (Å²) in [5, 5.41) is 4.69. The number of carbonyl (C=O) groups is 1. The van der Waals surface area contributed by atoms with Crippen LogP contribution in [-0.2, 0) is 4.79 Å². The van der Waals surface area contributed by atoms with Crippen molar-refractivity contribution in [3.8, 4) is 11.4 Å². The van der Waals surface area contributed by atoms with E-state index in [0.717, 1.165) is 32.7 Å². The quantitative estimate of drug-likeness (QED) is 0.372. The normalized spacial score (nSPS) is 10.8. The second-order valence-corrected chi connectivity index (χ2v) is 7.40. The SMILES string of the molecule is Cc1ccc(NC(=O)CSc2nc(-c3ccccc3)nc3ccccc23)cc1. The number of fused-ring (bicyclic) bond motifs is 1. The number of anilines is 1. The number of hydrogen-bond acceptors (Lipinski definition) is 4. The Bertz CT molecular complexity index is 1110. The fourth-order valence-electron chi connectivity index (χ4n) is 2.84. The largest absolute Gasteiger partial charge is 0.325 e. The molecule has 3 aromatic carbocycles. The zero-order chi connectivity index (χ0) is 19.3. The lowest BCUT2D eigenvalue weighted by Gasteiger charge is -2.09. The van der Waals surface area contributed by atoms with Gasteiger partial charge in [0.05, 0.1) is 11.3 Å². The van der Waals surface area contributed by atoms with Gasteiger partial charge in [0.1, 0.15) is 5.03 Å². The highest BCUT2D eigenvalue weighted by atomic mass is 32.2. The first-order chi connectivity index (χ1) is 13.7. The van der Waals surface area contributed by atoms with Crippen LogP contribution in [0, 0.1) is 6.92 Å². The van der Waals surface area contributed by atoms with E-state index in [-0.39, 0.29) is 11.7 Å². The van der Waals surface area contributed by atoms with Gasteiger partial charge in [0.2, 0.25) is 5.91 Å². The summed E-state index contributed by atoms with van der Waals surface area (Å²) in [5.41, 5.74) is 3.79. The van der Waals surface area contributed by atoms with Gasteiger partial charge in [-0.05, 0) is 25.1 Å². The Morgan fingerprint density at radius 1 is 0.893 bits per heavy atom. The molecule has 1 aromatic heterocycles. The molecule has 5 heteroatoms. The number of aryl methyl sites for hydroxylation is 1. The number of amides is 1. The first-order valence-corrected chi connectivity index (χ1v) is 9.99. The van der Waals surface area contributed by atoms with E-state index in [4.69, 9.17) is 4.98 Å². The van der Waals surface area contributed by atoms with E-state index in [1.54, 1.807) is 0 Å². The second-order valence-electron chi connectivity index (χ2n) is 6.44. The van der Waals surface area contributed by atoms with Crippen LogP contribution in [0.5, 0.6) is 0 Å². The summed E-state index contributed by atoms with van der Waals surface area (Å²) in [7, 11) is 0. The molecule has 0 aliphatic heterocycles. The van der Waals surface area contributed by atoms with Crippen LogP contribution in [0.15, 0.2) is 83.9 Å². The van der Waals surface area contributed by atoms with Crippen molar-refractivity contribution >= 4 is 34.3 Å². The van der Waals surface area contributed by atoms with Crippen molar-refractivity contribution < 1.29 is 4.79 Å². The minimum Gasteiger partial charge on any atom is -0.325 e. The minimum atomic E-state index is -0.0576. The molecule has 1 N–H and O–H groups in total. The minimum absolute atomic E-state index is 0.0576. The van der Waals surface area contributed by atoms with Gasteiger partial charge in [-0.15, -0.1) is 0 Å². The lowest BCUT2D eigenvalue weighted by Crippen LogP contribution is -2.14. The van der Waals surface area contributed by atoms with Crippen LogP contribution in [0.3, 0.4) is 0 Å². The molecule has 0 saturated carbocycles. The van der Waals surface area contributed by atoms with E-state index >= 15 is 0 Å². The molecule has 0 atom stereocenters. The molecule has 138 valence electrons. The van der Waals surface area contributed by atoms with Crippen molar-refractivity contribution in [3.63, 3.8) is 0 Å². The maximum atomic E-state index is 12.4. The monoisotopic (exact) mass is 385 g/mol. The first-order valence-electron chi connectivity index (χ1n) is 9.00. The molecule has 0 saturated heterocycles. The highest BCUT2D eigenvalue weighted by Crippen LogP contribution is 2.28. The fraction of sp³-hybridized carbons (Fsp3) is 0.0870. The number of carbonyl (C=O) groups excluding carboxylic acids is 1. The predicted octanol–water partition coefficient (Wildman–Crippen LogP) is 5.34. The summed E-state index contributed by atoms with van der Waals surface area (Å²) in [6.45, 7) is 2.02. The third kappa shape index (κ3) is 4.21. The number of para-hydroxylation sites is 1. The number of nitrogens with zero attached hydrogens (tertiary/aromatic N) is 2. The Balaban J connectivity index is 1.57. The summed E-state index contributed by atoms with van der Waals surface area (Å²) < 4.78 is 0. The van der Waals surface area contributed by atoms with Crippen molar-refractivity contribution in [2.45, 2.75) is 11.9 Å². The van der Waals surface area contributed by atoms with Gasteiger partial charge in [0.25, 0.3) is 0 Å². The molecule has 4 aromatic rings. The molecule has 1 heterocycles. The van der Waals surface area contributed by atoms with Gasteiger partial charge >= 0.3 is 0 Å². The lowest BCUT2D eigenvalue weighted by molar-refractivity contribution is -0.113. The van der Waals surface area contributed by atoms with Crippen molar-refractivity contribution in [1.29, 1.82) is 0 Å². The van der Waals surface area contributed by atoms with Crippen molar-refractivity contribution in [3.05, 3.63) is 84.4 Å². The summed E-state index contributed by atoms with van der Waals surface area (Å²) in [6, 6.07) is 25.5. The third-order valence-corrected chi connectivity index (χ3v) is 5.27. The number of rotatable bonds is 5. The Hall–Kier alpha value is -3.18. The Kier molecular flexibility index (Phi) is 5.35. The summed E-state index contributed by atoms with van der Waals surface area (Å²) >= 11 is 1.43. The van der Waals surface area contributed by atoms with Crippen LogP contribution in [0.1, 0.15) is 5.56 Å². The second kappa shape index (κ2) is 8.23. The topological polar surface area (TPSA) is 54.9 Å². The molecular weight excluding hydrogens is 366 g/mol. The number of nitrogens with one attached hydrogen (secondary N) is 1. The molecule has 0 bridgehead atoms. The van der Waals surface area contributed by atoms with E-state index in [2.05, 4.69) is 10.3 Å². The Morgan fingerprint density at radius 2 is 1.61 bits per heavy atom. The van der Waals surface area contributed by atoms with E-state index in [0.29, 0.717) is 5.82 Å². The van der Waals surface area contributed by atoms with E-state index in [9.17, 15) is 4.79 Å². The molecular formula is C23H19N3OS. The lowest BCUT2D eigenvalue weighted by atomic mass is 10.2. The predicted molar refractivity (Wildman–Crippen MR) is 116 cm³/mol. The van der Waals surface area contributed by atoms with Gasteiger partial charge in [-0.1, -0.05) is 78.0 Å². The maximum absolute atomic E-state index is 12.4. The Labute approximate surface area is 168 Å². The number of benzene rings is 3. The standard InChI is InChI=1S/C23H19N3OS/c1-16-11-13-18(14-12-16)24-21(27)15-28-23-19-9-5-6-10-20(19)25-22(26-23)17-7-3-2-4-8-17/h2-14H,15H2,1H3,(H,24,27). The van der Waals surface area contributed by atoms with Gasteiger partial charge in [0, 0.05) is 16.6 Å². The van der Waals surface area contributed by atoms with Crippen LogP contribution in [0.4, 0.5) is 5.69 Å². The average molecular weight is 385 g/mol. The zero-order valence-electron chi connectivity index (χ0n) is 15.4. The molecule has 0 aliphatic rings. The fourth-order valence-corrected chi connectivity index (χ4v) is 3.66. The van der Waals surface area contributed by atoms with Crippen molar-refractivity contribution in [1.82, 2.24) is 9.97 Å². The van der Waals surface area contributed by atoms with E-state index in [1.165, 1.54) is 11.8 Å². The van der Waals surface area contributed by atoms with Gasteiger partial charge in [0.15, 0.2) is 5.82 Å². The summed E-state index contributed by atoms with van der Waals surface area (Å²) in [4.78, 5) is 21.8. The zero-order valence-corrected chi connectivity index (χ0v) is 16.2. The van der Waals surface area contributed by atoms with Crippen LogP contribution in [-0.4, -0.2) is 21.6 Å². The maximum Gasteiger partial charge on any atom is 0.234 e. The number of thioether (sulfide) groups is 1.